The number of ether oxygens (including phenoxy) is 4. The molecule has 0 radical (unpaired) electrons. The number of hydrogen-bond donors (Lipinski definition) is 0. The molecular weight excluding hydrogens is 506 g/mol. The highest BCUT2D eigenvalue weighted by Crippen LogP contribution is 2.33. The van der Waals surface area contributed by atoms with Crippen LogP contribution in [0.3, 0.4) is 0 Å². The lowest BCUT2D eigenvalue weighted by molar-refractivity contribution is -0.120. The smallest absolute Gasteiger partial charge is 0.270 e. The van der Waals surface area contributed by atoms with Crippen LogP contribution in [0.2, 0.25) is 0 Å². The highest BCUT2D eigenvalue weighted by atomic mass is 32.1. The first-order valence-electron chi connectivity index (χ1n) is 11.3. The van der Waals surface area contributed by atoms with Crippen LogP contribution < -0.4 is 28.7 Å². The van der Waals surface area contributed by atoms with Gasteiger partial charge in [-0.1, -0.05) is 6.07 Å². The summed E-state index contributed by atoms with van der Waals surface area (Å²) in [6, 6.07) is 20.3. The van der Waals surface area contributed by atoms with Crippen LogP contribution >= 0.6 is 12.2 Å². The largest absolute Gasteiger partial charge is 0.497 e. The molecule has 0 spiro atoms. The fourth-order valence-electron chi connectivity index (χ4n) is 3.82. The fourth-order valence-corrected chi connectivity index (χ4v) is 4.19. The third-order valence-electron chi connectivity index (χ3n) is 5.70. The molecule has 3 aromatic carbocycles. The second-order valence-corrected chi connectivity index (χ2v) is 8.24. The van der Waals surface area contributed by atoms with Gasteiger partial charge in [0.1, 0.15) is 23.1 Å². The van der Waals surface area contributed by atoms with Crippen molar-refractivity contribution in [1.29, 1.82) is 5.26 Å². The summed E-state index contributed by atoms with van der Waals surface area (Å²) in [5.41, 5.74) is 1.34. The van der Waals surface area contributed by atoms with Gasteiger partial charge in [-0.15, -0.1) is 0 Å². The Bertz CT molecular complexity index is 1370. The number of carbonyl (C=O) groups is 2. The lowest BCUT2D eigenvalue weighted by atomic mass is 10.0. The molecule has 0 atom stereocenters. The van der Waals surface area contributed by atoms with Crippen molar-refractivity contribution in [3.05, 3.63) is 77.9 Å². The highest BCUT2D eigenvalue weighted by Gasteiger charge is 2.41. The molecule has 9 nitrogen and oxygen atoms in total. The SMILES string of the molecule is COc1ccc(N2C(=O)C(=Cc3ccc(OCC#N)c(OC)c3)C(=O)N(c3ccc(OC)cc3)C2=S)cc1. The molecule has 1 heterocycles. The van der Waals surface area contributed by atoms with Gasteiger partial charge in [0.05, 0.1) is 32.7 Å². The number of nitrogens with zero attached hydrogens (tertiary/aromatic N) is 3. The first-order chi connectivity index (χ1) is 18.4. The van der Waals surface area contributed by atoms with Crippen LogP contribution in [0.25, 0.3) is 6.08 Å². The van der Waals surface area contributed by atoms with Crippen molar-refractivity contribution in [3.63, 3.8) is 0 Å². The van der Waals surface area contributed by atoms with Gasteiger partial charge in [0.2, 0.25) is 0 Å². The number of hydrogen-bond acceptors (Lipinski definition) is 8. The molecule has 0 N–H and O–H groups in total. The number of thiocarbonyl (C=S) groups is 1. The van der Waals surface area contributed by atoms with Crippen LogP contribution in [0.1, 0.15) is 5.56 Å². The van der Waals surface area contributed by atoms with Gasteiger partial charge in [-0.25, -0.2) is 0 Å². The van der Waals surface area contributed by atoms with Crippen molar-refractivity contribution in [2.75, 3.05) is 37.7 Å². The van der Waals surface area contributed by atoms with Gasteiger partial charge >= 0.3 is 0 Å². The van der Waals surface area contributed by atoms with Crippen molar-refractivity contribution in [2.45, 2.75) is 0 Å². The molecule has 0 unspecified atom stereocenters. The van der Waals surface area contributed by atoms with E-state index in [0.29, 0.717) is 39.9 Å². The number of nitriles is 1. The molecule has 3 aromatic rings. The van der Waals surface area contributed by atoms with E-state index >= 15 is 0 Å². The molecular formula is C28H23N3O6S. The summed E-state index contributed by atoms with van der Waals surface area (Å²) >= 11 is 5.66. The van der Waals surface area contributed by atoms with E-state index in [1.165, 1.54) is 23.0 Å². The number of carbonyl (C=O) groups excluding carboxylic acids is 2. The molecule has 192 valence electrons. The summed E-state index contributed by atoms with van der Waals surface area (Å²) < 4.78 is 21.2. The van der Waals surface area contributed by atoms with Gasteiger partial charge < -0.3 is 18.9 Å². The van der Waals surface area contributed by atoms with E-state index in [2.05, 4.69) is 0 Å². The number of anilines is 2. The minimum absolute atomic E-state index is 0.00492. The fraction of sp³-hybridized carbons (Fsp3) is 0.143. The molecule has 0 aromatic heterocycles. The highest BCUT2D eigenvalue weighted by molar-refractivity contribution is 7.81. The first-order valence-corrected chi connectivity index (χ1v) is 11.7. The summed E-state index contributed by atoms with van der Waals surface area (Å²) in [7, 11) is 4.54. The van der Waals surface area contributed by atoms with Crippen LogP contribution in [-0.2, 0) is 9.59 Å². The Balaban J connectivity index is 1.82. The molecule has 0 aliphatic carbocycles. The number of amides is 2. The van der Waals surface area contributed by atoms with Crippen molar-refractivity contribution in [2.24, 2.45) is 0 Å². The molecule has 4 rings (SSSR count). The minimum atomic E-state index is -0.585. The first kappa shape index (κ1) is 26.2. The molecule has 2 amide bonds. The van der Waals surface area contributed by atoms with E-state index in [4.69, 9.17) is 36.4 Å². The molecule has 38 heavy (non-hydrogen) atoms. The average molecular weight is 530 g/mol. The maximum atomic E-state index is 13.7. The van der Waals surface area contributed by atoms with Crippen LogP contribution in [-0.4, -0.2) is 44.9 Å². The van der Waals surface area contributed by atoms with Gasteiger partial charge in [-0.05, 0) is 84.5 Å². The van der Waals surface area contributed by atoms with E-state index in [-0.39, 0.29) is 17.3 Å². The molecule has 10 heteroatoms. The predicted octanol–water partition coefficient (Wildman–Crippen LogP) is 4.36. The van der Waals surface area contributed by atoms with E-state index in [9.17, 15) is 9.59 Å². The topological polar surface area (TPSA) is 101 Å². The van der Waals surface area contributed by atoms with Crippen LogP contribution in [0.15, 0.2) is 72.3 Å². The number of benzene rings is 3. The Morgan fingerprint density at radius 3 is 1.76 bits per heavy atom. The lowest BCUT2D eigenvalue weighted by Crippen LogP contribution is -2.56. The zero-order valence-electron chi connectivity index (χ0n) is 20.8. The summed E-state index contributed by atoms with van der Waals surface area (Å²) in [6.07, 6.45) is 1.47. The second-order valence-electron chi connectivity index (χ2n) is 7.87. The van der Waals surface area contributed by atoms with Crippen molar-refractivity contribution in [3.8, 4) is 29.1 Å². The Morgan fingerprint density at radius 1 is 0.789 bits per heavy atom. The van der Waals surface area contributed by atoms with E-state index in [0.717, 1.165) is 0 Å². The van der Waals surface area contributed by atoms with Gasteiger partial charge in [-0.2, -0.15) is 5.26 Å². The number of rotatable bonds is 8. The maximum Gasteiger partial charge on any atom is 0.270 e. The standard InChI is InChI=1S/C28H23N3O6S/c1-34-21-9-5-19(6-10-21)30-26(32)23(16-18-4-13-24(37-15-14-29)25(17-18)36-3)27(33)31(28(30)38)20-7-11-22(35-2)12-8-20/h4-13,16-17H,15H2,1-3H3. The summed E-state index contributed by atoms with van der Waals surface area (Å²) in [6.45, 7) is -0.154. The van der Waals surface area contributed by atoms with Crippen LogP contribution in [0.5, 0.6) is 23.0 Å². The van der Waals surface area contributed by atoms with Gasteiger partial charge in [0.15, 0.2) is 23.2 Å². The van der Waals surface area contributed by atoms with Gasteiger partial charge in [0, 0.05) is 0 Å². The molecule has 1 aliphatic heterocycles. The molecule has 0 bridgehead atoms. The molecule has 1 saturated heterocycles. The second kappa shape index (κ2) is 11.5. The summed E-state index contributed by atoms with van der Waals surface area (Å²) in [5, 5.41) is 8.81. The molecule has 1 fully saturated rings. The van der Waals surface area contributed by atoms with Crippen molar-refractivity contribution < 1.29 is 28.5 Å². The Kier molecular flexibility index (Phi) is 7.89. The van der Waals surface area contributed by atoms with Crippen molar-refractivity contribution >= 4 is 46.6 Å². The lowest BCUT2D eigenvalue weighted by Gasteiger charge is -2.36. The van der Waals surface area contributed by atoms with Crippen LogP contribution in [0, 0.1) is 11.3 Å². The van der Waals surface area contributed by atoms with E-state index < -0.39 is 11.8 Å². The van der Waals surface area contributed by atoms with Gasteiger partial charge in [-0.3, -0.25) is 19.4 Å². The Labute approximate surface area is 225 Å². The van der Waals surface area contributed by atoms with E-state index in [1.54, 1.807) is 80.9 Å². The summed E-state index contributed by atoms with van der Waals surface area (Å²) in [5.74, 6) is 0.748. The Morgan fingerprint density at radius 2 is 1.32 bits per heavy atom. The molecule has 1 aliphatic rings. The average Bonchev–Trinajstić information content (AvgIpc) is 2.95. The third-order valence-corrected chi connectivity index (χ3v) is 6.07. The Hall–Kier alpha value is -4.88. The van der Waals surface area contributed by atoms with E-state index in [1.807, 2.05) is 6.07 Å². The normalized spacial score (nSPS) is 13.2. The van der Waals surface area contributed by atoms with Crippen LogP contribution in [0.4, 0.5) is 11.4 Å². The maximum absolute atomic E-state index is 13.7. The zero-order valence-corrected chi connectivity index (χ0v) is 21.7. The van der Waals surface area contributed by atoms with Gasteiger partial charge in [0.25, 0.3) is 11.8 Å². The van der Waals surface area contributed by atoms with Crippen molar-refractivity contribution in [1.82, 2.24) is 0 Å². The predicted molar refractivity (Wildman–Crippen MR) is 146 cm³/mol. The summed E-state index contributed by atoms with van der Waals surface area (Å²) in [4.78, 5) is 30.0. The third kappa shape index (κ3) is 5.14. The molecule has 0 saturated carbocycles. The monoisotopic (exact) mass is 529 g/mol. The quantitative estimate of drug-likeness (QED) is 0.241. The minimum Gasteiger partial charge on any atom is -0.497 e. The number of methoxy groups -OCH3 is 3. The zero-order chi connectivity index (χ0) is 27.2.